The third-order valence-electron chi connectivity index (χ3n) is 8.48. The number of carbonyl (C=O) groups is 3. The summed E-state index contributed by atoms with van der Waals surface area (Å²) in [5, 5.41) is 7.76. The molecule has 2 amide bonds. The summed E-state index contributed by atoms with van der Waals surface area (Å²) >= 11 is 3.33. The average Bonchev–Trinajstić information content (AvgIpc) is 3.35. The van der Waals surface area contributed by atoms with Crippen LogP contribution >= 0.6 is 23.5 Å². The Labute approximate surface area is 271 Å². The Balaban J connectivity index is 1.36. The Morgan fingerprint density at radius 3 is 2.54 bits per heavy atom. The fourth-order valence-corrected chi connectivity index (χ4v) is 6.63. The van der Waals surface area contributed by atoms with Gasteiger partial charge in [0.1, 0.15) is 40.3 Å². The number of pyridine rings is 1. The van der Waals surface area contributed by atoms with E-state index in [1.54, 1.807) is 24.0 Å². The number of anilines is 1. The van der Waals surface area contributed by atoms with Crippen LogP contribution in [0.1, 0.15) is 48.6 Å². The van der Waals surface area contributed by atoms with Crippen molar-refractivity contribution in [3.63, 3.8) is 0 Å². The molecule has 1 aromatic carbocycles. The molecule has 4 heterocycles. The number of benzene rings is 1. The minimum Gasteiger partial charge on any atom is -0.480 e. The Morgan fingerprint density at radius 1 is 1.15 bits per heavy atom. The van der Waals surface area contributed by atoms with Crippen LogP contribution < -0.4 is 10.1 Å². The molecule has 3 aromatic heterocycles. The van der Waals surface area contributed by atoms with E-state index in [1.165, 1.54) is 30.1 Å². The quantitative estimate of drug-likeness (QED) is 0.129. The molecular weight excluding hydrogens is 681 g/mol. The predicted molar refractivity (Wildman–Crippen MR) is 170 cm³/mol. The van der Waals surface area contributed by atoms with Gasteiger partial charge in [0, 0.05) is 47.9 Å². The third kappa shape index (κ3) is 6.19. The van der Waals surface area contributed by atoms with E-state index >= 15 is 0 Å². The number of hydrogen-bond donors (Lipinski definition) is 3. The number of Topliss-reactive ketones (excluding diaryl/α,β-unsaturated/α-hetero) is 1. The fraction of sp³-hybridized carbons (Fsp3) is 0.367. The standard InChI is InChI=1S/C30H31BrN7O7P/c1-15-5-6-25(31)34-28(15)35-29(41)22-9-30(4)10-24(30)38(22)26(40)13-37-21-8-23(45-14-46(42,43)44)19(18-11-32-17(3)33-12-18)7-20(21)27(36-37)16(2)39/h5-8,11-12,22,24H,9-10,13-14H2,1-4H3,(H,34,35,41)(H2,42,43,44)/t22-,24+,30-/m0/s1. The van der Waals surface area contributed by atoms with Crippen molar-refractivity contribution >= 4 is 57.8 Å². The van der Waals surface area contributed by atoms with Crippen molar-refractivity contribution in [3.05, 3.63) is 58.3 Å². The maximum Gasteiger partial charge on any atom is 0.362 e. The number of amides is 2. The number of aromatic nitrogens is 5. The zero-order valence-electron chi connectivity index (χ0n) is 25.4. The van der Waals surface area contributed by atoms with Crippen molar-refractivity contribution in [1.29, 1.82) is 0 Å². The summed E-state index contributed by atoms with van der Waals surface area (Å²) in [5.74, 6) is -0.0589. The molecule has 16 heteroatoms. The molecule has 0 unspecified atom stereocenters. The van der Waals surface area contributed by atoms with Gasteiger partial charge in [0.05, 0.1) is 5.52 Å². The number of hydrogen-bond acceptors (Lipinski definition) is 9. The molecule has 2 fully saturated rings. The number of piperidine rings is 1. The van der Waals surface area contributed by atoms with Gasteiger partial charge in [0.2, 0.25) is 11.8 Å². The number of rotatable bonds is 9. The molecule has 1 saturated heterocycles. The zero-order chi connectivity index (χ0) is 33.1. The lowest BCUT2D eigenvalue weighted by molar-refractivity contribution is -0.138. The highest BCUT2D eigenvalue weighted by Gasteiger charge is 2.64. The molecule has 3 N–H and O–H groups in total. The minimum atomic E-state index is -4.56. The first kappa shape index (κ1) is 31.9. The summed E-state index contributed by atoms with van der Waals surface area (Å²) in [6.07, 6.45) is 3.42. The van der Waals surface area contributed by atoms with Crippen LogP contribution in [-0.4, -0.2) is 75.4 Å². The first-order valence-corrected chi connectivity index (χ1v) is 17.0. The second-order valence-corrected chi connectivity index (χ2v) is 14.5. The van der Waals surface area contributed by atoms with Gasteiger partial charge in [0.15, 0.2) is 12.1 Å². The lowest BCUT2D eigenvalue weighted by atomic mass is 10.0. The highest BCUT2D eigenvalue weighted by atomic mass is 79.9. The molecule has 14 nitrogen and oxygen atoms in total. The fourth-order valence-electron chi connectivity index (χ4n) is 6.01. The van der Waals surface area contributed by atoms with Gasteiger partial charge in [-0.2, -0.15) is 5.10 Å². The van der Waals surface area contributed by atoms with E-state index in [4.69, 9.17) is 4.74 Å². The molecule has 2 aliphatic rings. The minimum absolute atomic E-state index is 0.0806. The summed E-state index contributed by atoms with van der Waals surface area (Å²) in [7, 11) is -4.56. The van der Waals surface area contributed by atoms with E-state index in [2.05, 4.69) is 41.3 Å². The monoisotopic (exact) mass is 711 g/mol. The van der Waals surface area contributed by atoms with Gasteiger partial charge in [-0.3, -0.25) is 23.6 Å². The van der Waals surface area contributed by atoms with Crippen molar-refractivity contribution in [2.24, 2.45) is 5.41 Å². The van der Waals surface area contributed by atoms with Gasteiger partial charge in [-0.1, -0.05) is 13.0 Å². The van der Waals surface area contributed by atoms with E-state index in [9.17, 15) is 28.7 Å². The summed E-state index contributed by atoms with van der Waals surface area (Å²) < 4.78 is 19.2. The molecule has 1 aliphatic carbocycles. The first-order chi connectivity index (χ1) is 21.6. The molecule has 0 radical (unpaired) electrons. The second kappa shape index (κ2) is 11.6. The highest BCUT2D eigenvalue weighted by Crippen LogP contribution is 2.59. The normalized spacial score (nSPS) is 20.5. The van der Waals surface area contributed by atoms with Crippen molar-refractivity contribution in [3.8, 4) is 16.9 Å². The molecule has 0 spiro atoms. The molecule has 46 heavy (non-hydrogen) atoms. The summed E-state index contributed by atoms with van der Waals surface area (Å²) in [4.78, 5) is 73.7. The summed E-state index contributed by atoms with van der Waals surface area (Å²) in [6, 6.07) is 5.84. The zero-order valence-corrected chi connectivity index (χ0v) is 27.9. The number of likely N-dealkylation sites (tertiary alicyclic amines) is 1. The molecule has 0 bridgehead atoms. The molecule has 240 valence electrons. The maximum atomic E-state index is 14.0. The third-order valence-corrected chi connectivity index (χ3v) is 9.39. The Morgan fingerprint density at radius 2 is 1.87 bits per heavy atom. The lowest BCUT2D eigenvalue weighted by Gasteiger charge is -2.27. The van der Waals surface area contributed by atoms with Crippen LogP contribution in [0.3, 0.4) is 0 Å². The Bertz CT molecular complexity index is 1960. The van der Waals surface area contributed by atoms with Crippen molar-refractivity contribution in [1.82, 2.24) is 29.6 Å². The van der Waals surface area contributed by atoms with Crippen LogP contribution in [-0.2, 0) is 20.7 Å². The molecule has 3 atom stereocenters. The van der Waals surface area contributed by atoms with Crippen LogP contribution in [0.2, 0.25) is 0 Å². The van der Waals surface area contributed by atoms with E-state index in [1.807, 2.05) is 19.9 Å². The van der Waals surface area contributed by atoms with E-state index < -0.39 is 20.0 Å². The van der Waals surface area contributed by atoms with Crippen LogP contribution in [0.4, 0.5) is 5.82 Å². The van der Waals surface area contributed by atoms with Gasteiger partial charge in [-0.25, -0.2) is 15.0 Å². The average molecular weight is 712 g/mol. The number of ketones is 1. The number of ether oxygens (including phenoxy) is 1. The topological polar surface area (TPSA) is 190 Å². The molecule has 1 saturated carbocycles. The number of aryl methyl sites for hydroxylation is 2. The highest BCUT2D eigenvalue weighted by molar-refractivity contribution is 9.10. The summed E-state index contributed by atoms with van der Waals surface area (Å²) in [5.41, 5.74) is 1.89. The van der Waals surface area contributed by atoms with Crippen molar-refractivity contribution in [2.75, 3.05) is 11.7 Å². The molecule has 1 aliphatic heterocycles. The number of carbonyl (C=O) groups excluding carboxylic acids is 3. The van der Waals surface area contributed by atoms with Crippen molar-refractivity contribution < 1.29 is 33.5 Å². The molecule has 4 aromatic rings. The van der Waals surface area contributed by atoms with Crippen molar-refractivity contribution in [2.45, 2.75) is 59.2 Å². The molecule has 6 rings (SSSR count). The number of fused-ring (bicyclic) bond motifs is 2. The summed E-state index contributed by atoms with van der Waals surface area (Å²) in [6.45, 7) is 6.65. The predicted octanol–water partition coefficient (Wildman–Crippen LogP) is 4.00. The Hall–Kier alpha value is -4.04. The van der Waals surface area contributed by atoms with Gasteiger partial charge >= 0.3 is 7.60 Å². The second-order valence-electron chi connectivity index (χ2n) is 12.1. The van der Waals surface area contributed by atoms with Crippen LogP contribution in [0.5, 0.6) is 5.75 Å². The Kier molecular flexibility index (Phi) is 8.08. The molecular formula is C30H31BrN7O7P. The smallest absolute Gasteiger partial charge is 0.362 e. The first-order valence-electron chi connectivity index (χ1n) is 14.4. The van der Waals surface area contributed by atoms with Gasteiger partial charge in [-0.05, 0) is 65.7 Å². The SMILES string of the molecule is CC(=O)c1nn(CC(=O)N2[C@H](C(=O)Nc3nc(Br)ccc3C)C[C@@]3(C)C[C@@H]23)c2cc(OCP(=O)(O)O)c(-c3cnc(C)nc3)cc12. The van der Waals surface area contributed by atoms with E-state index in [0.29, 0.717) is 44.7 Å². The van der Waals surface area contributed by atoms with Gasteiger partial charge in [0.25, 0.3) is 0 Å². The largest absolute Gasteiger partial charge is 0.480 e. The van der Waals surface area contributed by atoms with E-state index in [0.717, 1.165) is 12.0 Å². The number of halogens is 1. The van der Waals surface area contributed by atoms with E-state index in [-0.39, 0.29) is 47.0 Å². The lowest BCUT2D eigenvalue weighted by Crippen LogP contribution is -2.47. The number of nitrogens with zero attached hydrogens (tertiary/aromatic N) is 6. The van der Waals surface area contributed by atoms with Crippen LogP contribution in [0.25, 0.3) is 22.0 Å². The van der Waals surface area contributed by atoms with Gasteiger partial charge < -0.3 is 24.7 Å². The maximum absolute atomic E-state index is 14.0. The van der Waals surface area contributed by atoms with Gasteiger partial charge in [-0.15, -0.1) is 0 Å². The number of nitrogens with one attached hydrogen (secondary N) is 1. The van der Waals surface area contributed by atoms with Crippen LogP contribution in [0, 0.1) is 19.3 Å². The van der Waals surface area contributed by atoms with Crippen LogP contribution in [0.15, 0.2) is 41.3 Å².